The Morgan fingerprint density at radius 1 is 1.64 bits per heavy atom. The molecular weight excluding hydrogens is 142 g/mol. The summed E-state index contributed by atoms with van der Waals surface area (Å²) in [5, 5.41) is 15.9. The van der Waals surface area contributed by atoms with Gasteiger partial charge >= 0.3 is 5.97 Å². The van der Waals surface area contributed by atoms with Crippen LogP contribution in [0.4, 0.5) is 0 Å². The summed E-state index contributed by atoms with van der Waals surface area (Å²) in [5.74, 6) is -1.51. The molecule has 0 radical (unpaired) electrons. The van der Waals surface area contributed by atoms with E-state index in [1.165, 1.54) is 0 Å². The van der Waals surface area contributed by atoms with E-state index in [0.29, 0.717) is 12.1 Å². The number of rotatable bonds is 5. The fraction of sp³-hybridized carbons (Fsp3) is 0.750. The largest absolute Gasteiger partial charge is 0.481 e. The van der Waals surface area contributed by atoms with E-state index in [9.17, 15) is 4.79 Å². The third-order valence-corrected chi connectivity index (χ3v) is 1.69. The minimum Gasteiger partial charge on any atom is -0.481 e. The summed E-state index contributed by atoms with van der Waals surface area (Å²) < 4.78 is 0. The van der Waals surface area contributed by atoms with Gasteiger partial charge in [0.25, 0.3) is 0 Å². The average Bonchev–Trinajstić information content (AvgIpc) is 1.98. The maximum atomic E-state index is 10.4. The van der Waals surface area contributed by atoms with Crippen molar-refractivity contribution in [1.29, 1.82) is 5.41 Å². The molecule has 0 aliphatic heterocycles. The fourth-order valence-electron chi connectivity index (χ4n) is 0.733. The van der Waals surface area contributed by atoms with Crippen molar-refractivity contribution < 1.29 is 9.90 Å². The molecule has 0 aromatic heterocycles. The SMILES string of the molecule is CCCCC(=N)C(C)C(=O)O. The molecule has 0 bridgehead atoms. The molecule has 3 nitrogen and oxygen atoms in total. The van der Waals surface area contributed by atoms with Crippen LogP contribution in [0, 0.1) is 11.3 Å². The molecule has 0 spiro atoms. The van der Waals surface area contributed by atoms with Crippen LogP contribution < -0.4 is 0 Å². The Labute approximate surface area is 66.9 Å². The zero-order chi connectivity index (χ0) is 8.85. The number of nitrogens with one attached hydrogen (secondary N) is 1. The van der Waals surface area contributed by atoms with Crippen LogP contribution >= 0.6 is 0 Å². The van der Waals surface area contributed by atoms with Crippen molar-refractivity contribution in [3.05, 3.63) is 0 Å². The van der Waals surface area contributed by atoms with Gasteiger partial charge in [0.05, 0.1) is 5.92 Å². The lowest BCUT2D eigenvalue weighted by Crippen LogP contribution is -2.19. The highest BCUT2D eigenvalue weighted by Crippen LogP contribution is 2.05. The van der Waals surface area contributed by atoms with Crippen LogP contribution in [0.2, 0.25) is 0 Å². The van der Waals surface area contributed by atoms with Crippen LogP contribution in [-0.2, 0) is 4.79 Å². The first kappa shape index (κ1) is 10.1. The molecule has 64 valence electrons. The second kappa shape index (κ2) is 4.88. The molecule has 0 aliphatic rings. The topological polar surface area (TPSA) is 61.2 Å². The summed E-state index contributed by atoms with van der Waals surface area (Å²) in [4.78, 5) is 10.4. The molecule has 3 heteroatoms. The molecule has 0 saturated heterocycles. The van der Waals surface area contributed by atoms with E-state index in [-0.39, 0.29) is 0 Å². The minimum atomic E-state index is -0.897. The normalized spacial score (nSPS) is 12.5. The number of aliphatic carboxylic acids is 1. The number of hydrogen-bond acceptors (Lipinski definition) is 2. The Morgan fingerprint density at radius 2 is 2.18 bits per heavy atom. The Morgan fingerprint density at radius 3 is 2.55 bits per heavy atom. The van der Waals surface area contributed by atoms with Crippen molar-refractivity contribution in [1.82, 2.24) is 0 Å². The van der Waals surface area contributed by atoms with Crippen LogP contribution in [0.3, 0.4) is 0 Å². The van der Waals surface area contributed by atoms with Crippen LogP contribution in [0.25, 0.3) is 0 Å². The molecule has 0 amide bonds. The molecule has 0 aromatic carbocycles. The predicted molar refractivity (Wildman–Crippen MR) is 44.1 cm³/mol. The van der Waals surface area contributed by atoms with E-state index < -0.39 is 11.9 Å². The maximum absolute atomic E-state index is 10.4. The number of unbranched alkanes of at least 4 members (excludes halogenated alkanes) is 1. The number of carbonyl (C=O) groups is 1. The quantitative estimate of drug-likeness (QED) is 0.599. The smallest absolute Gasteiger partial charge is 0.311 e. The maximum Gasteiger partial charge on any atom is 0.311 e. The van der Waals surface area contributed by atoms with Crippen LogP contribution in [-0.4, -0.2) is 16.8 Å². The van der Waals surface area contributed by atoms with Crippen molar-refractivity contribution >= 4 is 11.7 Å². The van der Waals surface area contributed by atoms with Gasteiger partial charge in [-0.05, 0) is 19.8 Å². The third-order valence-electron chi connectivity index (χ3n) is 1.69. The van der Waals surface area contributed by atoms with Gasteiger partial charge in [-0.25, -0.2) is 0 Å². The molecule has 0 saturated carbocycles. The molecule has 0 aromatic rings. The summed E-state index contributed by atoms with van der Waals surface area (Å²) in [6.07, 6.45) is 2.54. The highest BCUT2D eigenvalue weighted by atomic mass is 16.4. The van der Waals surface area contributed by atoms with Crippen LogP contribution in [0.15, 0.2) is 0 Å². The number of hydrogen-bond donors (Lipinski definition) is 2. The first-order valence-electron chi connectivity index (χ1n) is 3.89. The molecule has 0 fully saturated rings. The van der Waals surface area contributed by atoms with Gasteiger partial charge in [0.2, 0.25) is 0 Å². The summed E-state index contributed by atoms with van der Waals surface area (Å²) in [6.45, 7) is 3.58. The number of carboxylic acids is 1. The van der Waals surface area contributed by atoms with E-state index in [1.54, 1.807) is 6.92 Å². The van der Waals surface area contributed by atoms with E-state index in [2.05, 4.69) is 0 Å². The highest BCUT2D eigenvalue weighted by Gasteiger charge is 2.15. The zero-order valence-corrected chi connectivity index (χ0v) is 7.05. The zero-order valence-electron chi connectivity index (χ0n) is 7.05. The summed E-state index contributed by atoms with van der Waals surface area (Å²) >= 11 is 0. The molecular formula is C8H15NO2. The first-order chi connectivity index (χ1) is 5.09. The standard InChI is InChI=1S/C8H15NO2/c1-3-4-5-7(9)6(2)8(10)11/h6,9H,3-5H2,1-2H3,(H,10,11). The first-order valence-corrected chi connectivity index (χ1v) is 3.89. The van der Waals surface area contributed by atoms with Crippen LogP contribution in [0.1, 0.15) is 33.1 Å². The van der Waals surface area contributed by atoms with Crippen molar-refractivity contribution in [2.45, 2.75) is 33.1 Å². The van der Waals surface area contributed by atoms with Gasteiger partial charge in [0.15, 0.2) is 0 Å². The average molecular weight is 157 g/mol. The van der Waals surface area contributed by atoms with Gasteiger partial charge < -0.3 is 10.5 Å². The molecule has 1 unspecified atom stereocenters. The van der Waals surface area contributed by atoms with E-state index in [0.717, 1.165) is 12.8 Å². The van der Waals surface area contributed by atoms with Gasteiger partial charge in [0.1, 0.15) is 0 Å². The third kappa shape index (κ3) is 3.75. The Balaban J connectivity index is 3.74. The Bertz CT molecular complexity index is 154. The van der Waals surface area contributed by atoms with Gasteiger partial charge in [-0.15, -0.1) is 0 Å². The predicted octanol–water partition coefficient (Wildman–Crippen LogP) is 1.92. The molecule has 0 heterocycles. The lowest BCUT2D eigenvalue weighted by Gasteiger charge is -2.06. The molecule has 11 heavy (non-hydrogen) atoms. The minimum absolute atomic E-state index is 0.333. The van der Waals surface area contributed by atoms with Gasteiger partial charge in [-0.3, -0.25) is 4.79 Å². The lowest BCUT2D eigenvalue weighted by molar-refractivity contribution is -0.138. The monoisotopic (exact) mass is 157 g/mol. The van der Waals surface area contributed by atoms with Gasteiger partial charge in [-0.2, -0.15) is 0 Å². The summed E-state index contributed by atoms with van der Waals surface area (Å²) in [6, 6.07) is 0. The van der Waals surface area contributed by atoms with Crippen molar-refractivity contribution in [2.24, 2.45) is 5.92 Å². The second-order valence-corrected chi connectivity index (χ2v) is 2.69. The van der Waals surface area contributed by atoms with Crippen molar-refractivity contribution in [3.8, 4) is 0 Å². The molecule has 0 aliphatic carbocycles. The van der Waals surface area contributed by atoms with Gasteiger partial charge in [-0.1, -0.05) is 13.3 Å². The van der Waals surface area contributed by atoms with E-state index in [4.69, 9.17) is 10.5 Å². The van der Waals surface area contributed by atoms with Gasteiger partial charge in [0, 0.05) is 5.71 Å². The number of carboxylic acid groups (broad SMARTS) is 1. The summed E-state index contributed by atoms with van der Waals surface area (Å²) in [7, 11) is 0. The van der Waals surface area contributed by atoms with E-state index >= 15 is 0 Å². The molecule has 1 atom stereocenters. The lowest BCUT2D eigenvalue weighted by atomic mass is 10.0. The van der Waals surface area contributed by atoms with E-state index in [1.807, 2.05) is 6.92 Å². The van der Waals surface area contributed by atoms with Crippen LogP contribution in [0.5, 0.6) is 0 Å². The molecule has 0 rings (SSSR count). The Kier molecular flexibility index (Phi) is 4.50. The molecule has 2 N–H and O–H groups in total. The second-order valence-electron chi connectivity index (χ2n) is 2.69. The Hall–Kier alpha value is -0.860. The fourth-order valence-corrected chi connectivity index (χ4v) is 0.733. The van der Waals surface area contributed by atoms with Crippen molar-refractivity contribution in [3.63, 3.8) is 0 Å². The van der Waals surface area contributed by atoms with Crippen molar-refractivity contribution in [2.75, 3.05) is 0 Å². The highest BCUT2D eigenvalue weighted by molar-refractivity contribution is 5.99. The summed E-state index contributed by atoms with van der Waals surface area (Å²) in [5.41, 5.74) is 0.333.